The van der Waals surface area contributed by atoms with Gasteiger partial charge in [0.1, 0.15) is 11.4 Å². The molecule has 0 atom stereocenters. The minimum absolute atomic E-state index is 0.398. The third kappa shape index (κ3) is 6.83. The number of pyridine rings is 2. The molecule has 0 saturated heterocycles. The van der Waals surface area contributed by atoms with Crippen LogP contribution in [0.1, 0.15) is 37.6 Å². The van der Waals surface area contributed by atoms with E-state index in [9.17, 15) is 9.59 Å². The maximum absolute atomic E-state index is 12.3. The van der Waals surface area contributed by atoms with Crippen LogP contribution in [0.3, 0.4) is 0 Å². The van der Waals surface area contributed by atoms with E-state index in [1.165, 1.54) is 0 Å². The number of amides is 2. The van der Waals surface area contributed by atoms with E-state index in [-0.39, 0.29) is 0 Å². The molecule has 2 amide bonds. The number of nitrogen functional groups attached to an aromatic ring is 1. The largest absolute Gasteiger partial charge is 0.494 e. The first kappa shape index (κ1) is 26.6. The molecule has 9 heteroatoms. The molecular formula is C29H31N5O4. The first-order valence-electron chi connectivity index (χ1n) is 12.3. The molecule has 0 aliphatic carbocycles. The Morgan fingerprint density at radius 3 is 2.26 bits per heavy atom. The van der Waals surface area contributed by atoms with Crippen LogP contribution in [0.15, 0.2) is 73.1 Å². The van der Waals surface area contributed by atoms with Gasteiger partial charge >= 0.3 is 6.09 Å². The molecule has 4 N–H and O–H groups in total. The summed E-state index contributed by atoms with van der Waals surface area (Å²) in [7, 11) is 0. The number of aromatic nitrogens is 2. The molecule has 2 aromatic carbocycles. The van der Waals surface area contributed by atoms with Gasteiger partial charge in [0, 0.05) is 29.9 Å². The van der Waals surface area contributed by atoms with Gasteiger partial charge in [-0.25, -0.2) is 15.6 Å². The van der Waals surface area contributed by atoms with Crippen molar-refractivity contribution in [1.29, 1.82) is 0 Å². The van der Waals surface area contributed by atoms with E-state index in [1.807, 2.05) is 69.3 Å². The molecule has 0 unspecified atom stereocenters. The van der Waals surface area contributed by atoms with Crippen molar-refractivity contribution >= 4 is 22.9 Å². The van der Waals surface area contributed by atoms with Gasteiger partial charge in [0.05, 0.1) is 23.4 Å². The fraction of sp³-hybridized carbons (Fsp3) is 0.241. The minimum atomic E-state index is -0.514. The summed E-state index contributed by atoms with van der Waals surface area (Å²) >= 11 is 0. The van der Waals surface area contributed by atoms with E-state index >= 15 is 0 Å². The van der Waals surface area contributed by atoms with Gasteiger partial charge in [-0.2, -0.15) is 0 Å². The zero-order chi connectivity index (χ0) is 27.1. The van der Waals surface area contributed by atoms with Crippen molar-refractivity contribution in [2.24, 2.45) is 5.84 Å². The second-order valence-electron chi connectivity index (χ2n) is 9.65. The summed E-state index contributed by atoms with van der Waals surface area (Å²) in [4.78, 5) is 32.8. The quantitative estimate of drug-likeness (QED) is 0.133. The Hall–Kier alpha value is -4.50. The summed E-state index contributed by atoms with van der Waals surface area (Å²) in [5.41, 5.74) is 6.37. The van der Waals surface area contributed by atoms with Crippen LogP contribution in [-0.2, 0) is 4.74 Å². The number of benzene rings is 2. The average molecular weight is 514 g/mol. The highest BCUT2D eigenvalue weighted by Gasteiger charge is 2.15. The predicted octanol–water partition coefficient (Wildman–Crippen LogP) is 4.86. The van der Waals surface area contributed by atoms with Crippen LogP contribution in [0.25, 0.3) is 33.3 Å². The zero-order valence-electron chi connectivity index (χ0n) is 21.7. The normalized spacial score (nSPS) is 11.2. The summed E-state index contributed by atoms with van der Waals surface area (Å²) in [6.07, 6.45) is 3.48. The van der Waals surface area contributed by atoms with Crippen molar-refractivity contribution < 1.29 is 19.1 Å². The van der Waals surface area contributed by atoms with Crippen molar-refractivity contribution in [2.75, 3.05) is 13.2 Å². The highest BCUT2D eigenvalue weighted by Crippen LogP contribution is 2.28. The smallest absolute Gasteiger partial charge is 0.407 e. The SMILES string of the molecule is CC(C)(C)OC(=O)NCCCOc1ccc(-c2ccc(-c3cc(C(=O)NN)c4cnccc4n3)cc2)cc1. The van der Waals surface area contributed by atoms with Crippen LogP contribution in [-0.4, -0.2) is 40.7 Å². The predicted molar refractivity (Wildman–Crippen MR) is 146 cm³/mol. The Morgan fingerprint density at radius 1 is 0.947 bits per heavy atom. The first-order chi connectivity index (χ1) is 18.2. The van der Waals surface area contributed by atoms with Crippen LogP contribution < -0.4 is 21.3 Å². The Kier molecular flexibility index (Phi) is 8.18. The molecule has 0 aliphatic rings. The van der Waals surface area contributed by atoms with Crippen LogP contribution >= 0.6 is 0 Å². The highest BCUT2D eigenvalue weighted by molar-refractivity contribution is 6.06. The molecule has 38 heavy (non-hydrogen) atoms. The Balaban J connectivity index is 1.37. The number of nitrogens with two attached hydrogens (primary N) is 1. The molecule has 9 nitrogen and oxygen atoms in total. The number of rotatable bonds is 8. The van der Waals surface area contributed by atoms with E-state index in [2.05, 4.69) is 15.7 Å². The number of carbonyl (C=O) groups is 2. The van der Waals surface area contributed by atoms with Gasteiger partial charge in [0.25, 0.3) is 5.91 Å². The standard InChI is InChI=1S/C29H31N5O4/c1-29(2,3)38-28(36)32-14-4-16-37-22-11-9-20(10-12-22)19-5-7-21(8-6-19)26-17-23(27(35)34-30)24-18-31-15-13-25(24)33-26/h5-13,15,17-18H,4,14,16,30H2,1-3H3,(H,32,36)(H,34,35). The molecule has 0 fully saturated rings. The van der Waals surface area contributed by atoms with E-state index in [0.29, 0.717) is 41.7 Å². The van der Waals surface area contributed by atoms with E-state index in [4.69, 9.17) is 20.3 Å². The van der Waals surface area contributed by atoms with Gasteiger partial charge in [-0.3, -0.25) is 15.2 Å². The topological polar surface area (TPSA) is 128 Å². The average Bonchev–Trinajstić information content (AvgIpc) is 2.91. The molecular weight excluding hydrogens is 482 g/mol. The number of nitrogens with one attached hydrogen (secondary N) is 2. The van der Waals surface area contributed by atoms with Crippen LogP contribution in [0, 0.1) is 0 Å². The molecule has 2 heterocycles. The Bertz CT molecular complexity index is 1410. The number of carbonyl (C=O) groups excluding carboxylic acids is 2. The molecule has 4 aromatic rings. The van der Waals surface area contributed by atoms with Crippen molar-refractivity contribution in [3.8, 4) is 28.1 Å². The maximum atomic E-state index is 12.3. The summed E-state index contributed by atoms with van der Waals surface area (Å²) in [5.74, 6) is 5.73. The van der Waals surface area contributed by atoms with Crippen LogP contribution in [0.4, 0.5) is 4.79 Å². The lowest BCUT2D eigenvalue weighted by Crippen LogP contribution is -2.33. The number of hydrazine groups is 1. The van der Waals surface area contributed by atoms with E-state index < -0.39 is 17.6 Å². The third-order valence-corrected chi connectivity index (χ3v) is 5.61. The summed E-state index contributed by atoms with van der Waals surface area (Å²) < 4.78 is 11.0. The summed E-state index contributed by atoms with van der Waals surface area (Å²) in [6, 6.07) is 19.3. The van der Waals surface area contributed by atoms with Crippen LogP contribution in [0.2, 0.25) is 0 Å². The first-order valence-corrected chi connectivity index (χ1v) is 12.3. The molecule has 196 valence electrons. The fourth-order valence-corrected chi connectivity index (χ4v) is 3.83. The van der Waals surface area contributed by atoms with Crippen molar-refractivity contribution in [3.63, 3.8) is 0 Å². The lowest BCUT2D eigenvalue weighted by Gasteiger charge is -2.19. The number of alkyl carbamates (subject to hydrolysis) is 1. The van der Waals surface area contributed by atoms with Gasteiger partial charge < -0.3 is 14.8 Å². The van der Waals surface area contributed by atoms with Gasteiger partial charge in [-0.15, -0.1) is 0 Å². The maximum Gasteiger partial charge on any atom is 0.407 e. The number of ether oxygens (including phenoxy) is 2. The number of hydrogen-bond acceptors (Lipinski definition) is 7. The minimum Gasteiger partial charge on any atom is -0.494 e. The molecule has 0 radical (unpaired) electrons. The second kappa shape index (κ2) is 11.7. The zero-order valence-corrected chi connectivity index (χ0v) is 21.7. The van der Waals surface area contributed by atoms with Crippen molar-refractivity contribution in [1.82, 2.24) is 20.7 Å². The Morgan fingerprint density at radius 2 is 1.61 bits per heavy atom. The van der Waals surface area contributed by atoms with E-state index in [1.54, 1.807) is 24.5 Å². The van der Waals surface area contributed by atoms with Crippen molar-refractivity contribution in [2.45, 2.75) is 32.8 Å². The number of fused-ring (bicyclic) bond motifs is 1. The highest BCUT2D eigenvalue weighted by atomic mass is 16.6. The van der Waals surface area contributed by atoms with Gasteiger partial charge in [0.2, 0.25) is 0 Å². The fourth-order valence-electron chi connectivity index (χ4n) is 3.83. The van der Waals surface area contributed by atoms with Gasteiger partial charge in [-0.05, 0) is 62.6 Å². The molecule has 0 saturated carbocycles. The second-order valence-corrected chi connectivity index (χ2v) is 9.65. The molecule has 4 rings (SSSR count). The molecule has 0 aliphatic heterocycles. The third-order valence-electron chi connectivity index (χ3n) is 5.61. The van der Waals surface area contributed by atoms with Crippen LogP contribution in [0.5, 0.6) is 5.75 Å². The Labute approximate surface area is 221 Å². The van der Waals surface area contributed by atoms with Gasteiger partial charge in [0.15, 0.2) is 0 Å². The van der Waals surface area contributed by atoms with Crippen molar-refractivity contribution in [3.05, 3.63) is 78.6 Å². The number of nitrogens with zero attached hydrogens (tertiary/aromatic N) is 2. The molecule has 2 aromatic heterocycles. The summed E-state index contributed by atoms with van der Waals surface area (Å²) in [6.45, 7) is 6.43. The lowest BCUT2D eigenvalue weighted by atomic mass is 10.0. The lowest BCUT2D eigenvalue weighted by molar-refractivity contribution is 0.0525. The summed E-state index contributed by atoms with van der Waals surface area (Å²) in [5, 5.41) is 3.36. The molecule has 0 bridgehead atoms. The van der Waals surface area contributed by atoms with Gasteiger partial charge in [-0.1, -0.05) is 36.4 Å². The van der Waals surface area contributed by atoms with E-state index in [0.717, 1.165) is 22.4 Å². The molecule has 0 spiro atoms. The number of hydrogen-bond donors (Lipinski definition) is 3. The monoisotopic (exact) mass is 513 g/mol.